The van der Waals surface area contributed by atoms with Gasteiger partial charge in [0, 0.05) is 6.42 Å². The average Bonchev–Trinajstić information content (AvgIpc) is 2.11. The molecule has 0 aliphatic rings. The van der Waals surface area contributed by atoms with Gasteiger partial charge in [0.05, 0.1) is 11.0 Å². The quantitative estimate of drug-likeness (QED) is 0.654. The van der Waals surface area contributed by atoms with Crippen molar-refractivity contribution < 1.29 is 9.18 Å². The fraction of sp³-hybridized carbons (Fsp3) is 0.222. The standard InChI is InChI=1S/C9H9BrFNO/c10-5-7(13)3-6-1-2-9(12)8(11)4-6/h1-2,4H,3,5,12H2. The van der Waals surface area contributed by atoms with Crippen molar-refractivity contribution in [3.63, 3.8) is 0 Å². The first-order valence-electron chi connectivity index (χ1n) is 3.75. The SMILES string of the molecule is Nc1ccc(CC(=O)CBr)cc1F. The largest absolute Gasteiger partial charge is 0.396 e. The molecule has 0 aliphatic carbocycles. The van der Waals surface area contributed by atoms with Crippen LogP contribution in [-0.2, 0) is 11.2 Å². The Kier molecular flexibility index (Phi) is 3.42. The second-order valence-corrected chi connectivity index (χ2v) is 3.27. The second kappa shape index (κ2) is 4.37. The van der Waals surface area contributed by atoms with Crippen LogP contribution in [0.1, 0.15) is 5.56 Å². The molecule has 0 unspecified atom stereocenters. The molecule has 0 amide bonds. The highest BCUT2D eigenvalue weighted by Gasteiger charge is 2.04. The van der Waals surface area contributed by atoms with E-state index in [0.717, 1.165) is 0 Å². The van der Waals surface area contributed by atoms with Crippen LogP contribution >= 0.6 is 15.9 Å². The number of benzene rings is 1. The van der Waals surface area contributed by atoms with Crippen LogP contribution < -0.4 is 5.73 Å². The second-order valence-electron chi connectivity index (χ2n) is 2.70. The van der Waals surface area contributed by atoms with Crippen LogP contribution in [0.3, 0.4) is 0 Å². The van der Waals surface area contributed by atoms with Gasteiger partial charge in [0.25, 0.3) is 0 Å². The summed E-state index contributed by atoms with van der Waals surface area (Å²) in [5.74, 6) is -0.455. The molecule has 4 heteroatoms. The summed E-state index contributed by atoms with van der Waals surface area (Å²) in [4.78, 5) is 11.0. The van der Waals surface area contributed by atoms with Crippen LogP contribution in [0.2, 0.25) is 0 Å². The highest BCUT2D eigenvalue weighted by Crippen LogP contribution is 2.12. The molecule has 0 heterocycles. The van der Waals surface area contributed by atoms with Gasteiger partial charge in [-0.3, -0.25) is 4.79 Å². The van der Waals surface area contributed by atoms with Crippen LogP contribution in [0.15, 0.2) is 18.2 Å². The fourth-order valence-corrected chi connectivity index (χ4v) is 1.15. The molecule has 1 rings (SSSR count). The number of anilines is 1. The molecule has 1 aromatic rings. The maximum absolute atomic E-state index is 12.9. The minimum absolute atomic E-state index is 0.0178. The van der Waals surface area contributed by atoms with Crippen molar-refractivity contribution in [2.75, 3.05) is 11.1 Å². The van der Waals surface area contributed by atoms with Gasteiger partial charge in [-0.05, 0) is 17.7 Å². The summed E-state index contributed by atoms with van der Waals surface area (Å²) in [6.45, 7) is 0. The van der Waals surface area contributed by atoms with Gasteiger partial charge in [0.2, 0.25) is 0 Å². The van der Waals surface area contributed by atoms with E-state index in [2.05, 4.69) is 15.9 Å². The van der Waals surface area contributed by atoms with Crippen molar-refractivity contribution in [3.05, 3.63) is 29.6 Å². The van der Waals surface area contributed by atoms with Gasteiger partial charge in [0.1, 0.15) is 11.6 Å². The van der Waals surface area contributed by atoms with Crippen molar-refractivity contribution in [2.24, 2.45) is 0 Å². The van der Waals surface area contributed by atoms with E-state index in [9.17, 15) is 9.18 Å². The summed E-state index contributed by atoms with van der Waals surface area (Å²) in [5.41, 5.74) is 6.04. The van der Waals surface area contributed by atoms with Gasteiger partial charge in [0.15, 0.2) is 0 Å². The molecule has 0 aliphatic heterocycles. The molecule has 0 fully saturated rings. The Morgan fingerprint density at radius 3 is 2.77 bits per heavy atom. The molecule has 0 bridgehead atoms. The number of alkyl halides is 1. The van der Waals surface area contributed by atoms with Gasteiger partial charge < -0.3 is 5.73 Å². The van der Waals surface area contributed by atoms with E-state index in [-0.39, 0.29) is 17.9 Å². The molecule has 2 nitrogen and oxygen atoms in total. The third-order valence-electron chi connectivity index (χ3n) is 1.62. The average molecular weight is 246 g/mol. The van der Waals surface area contributed by atoms with Crippen LogP contribution in [0.5, 0.6) is 0 Å². The van der Waals surface area contributed by atoms with E-state index in [4.69, 9.17) is 5.73 Å². The van der Waals surface area contributed by atoms with E-state index in [0.29, 0.717) is 10.9 Å². The minimum atomic E-state index is -0.472. The van der Waals surface area contributed by atoms with Crippen LogP contribution in [0.25, 0.3) is 0 Å². The smallest absolute Gasteiger partial charge is 0.147 e. The monoisotopic (exact) mass is 245 g/mol. The molecular formula is C9H9BrFNO. The van der Waals surface area contributed by atoms with E-state index in [1.54, 1.807) is 6.07 Å². The molecular weight excluding hydrogens is 237 g/mol. The molecule has 2 N–H and O–H groups in total. The first kappa shape index (κ1) is 10.2. The highest BCUT2D eigenvalue weighted by molar-refractivity contribution is 9.09. The topological polar surface area (TPSA) is 43.1 Å². The van der Waals surface area contributed by atoms with Crippen LogP contribution in [0, 0.1) is 5.82 Å². The summed E-state index contributed by atoms with van der Waals surface area (Å²) < 4.78 is 12.9. The lowest BCUT2D eigenvalue weighted by Crippen LogP contribution is -2.04. The Morgan fingerprint density at radius 2 is 2.23 bits per heavy atom. The van der Waals surface area contributed by atoms with Gasteiger partial charge in [-0.2, -0.15) is 0 Å². The molecule has 0 spiro atoms. The molecule has 0 saturated heterocycles. The summed E-state index contributed by atoms with van der Waals surface area (Å²) in [6.07, 6.45) is 0.239. The van der Waals surface area contributed by atoms with E-state index in [1.165, 1.54) is 12.1 Å². The highest BCUT2D eigenvalue weighted by atomic mass is 79.9. The Hall–Kier alpha value is -0.900. The predicted molar refractivity (Wildman–Crippen MR) is 53.3 cm³/mol. The summed E-state index contributed by atoms with van der Waals surface area (Å²) in [6, 6.07) is 4.40. The number of nitrogen functional groups attached to an aromatic ring is 1. The number of hydrogen-bond acceptors (Lipinski definition) is 2. The number of hydrogen-bond donors (Lipinski definition) is 1. The predicted octanol–water partition coefficient (Wildman–Crippen LogP) is 1.91. The minimum Gasteiger partial charge on any atom is -0.396 e. The zero-order valence-corrected chi connectivity index (χ0v) is 8.47. The lowest BCUT2D eigenvalue weighted by Gasteiger charge is -2.00. The summed E-state index contributed by atoms with van der Waals surface area (Å²) >= 11 is 3.04. The molecule has 0 saturated carbocycles. The number of ketones is 1. The normalized spacial score (nSPS) is 10.0. The lowest BCUT2D eigenvalue weighted by molar-refractivity contribution is -0.115. The molecule has 70 valence electrons. The first-order valence-corrected chi connectivity index (χ1v) is 4.87. The number of carbonyl (C=O) groups is 1. The summed E-state index contributed by atoms with van der Waals surface area (Å²) in [5, 5.41) is 0.291. The van der Waals surface area contributed by atoms with Crippen molar-refractivity contribution in [2.45, 2.75) is 6.42 Å². The molecule has 0 aromatic heterocycles. The van der Waals surface area contributed by atoms with Crippen LogP contribution in [0.4, 0.5) is 10.1 Å². The van der Waals surface area contributed by atoms with E-state index in [1.807, 2.05) is 0 Å². The number of nitrogens with two attached hydrogens (primary N) is 1. The maximum atomic E-state index is 12.9. The Balaban J connectivity index is 2.79. The summed E-state index contributed by atoms with van der Waals surface area (Å²) in [7, 11) is 0. The van der Waals surface area contributed by atoms with Gasteiger partial charge in [-0.25, -0.2) is 4.39 Å². The van der Waals surface area contributed by atoms with Crippen molar-refractivity contribution in [1.29, 1.82) is 0 Å². The number of carbonyl (C=O) groups excluding carboxylic acids is 1. The first-order chi connectivity index (χ1) is 6.13. The Labute approximate surface area is 84.1 Å². The third-order valence-corrected chi connectivity index (χ3v) is 2.24. The fourth-order valence-electron chi connectivity index (χ4n) is 0.956. The van der Waals surface area contributed by atoms with E-state index < -0.39 is 5.82 Å². The van der Waals surface area contributed by atoms with Gasteiger partial charge in [-0.15, -0.1) is 0 Å². The Morgan fingerprint density at radius 1 is 1.54 bits per heavy atom. The van der Waals surface area contributed by atoms with Gasteiger partial charge >= 0.3 is 0 Å². The van der Waals surface area contributed by atoms with Gasteiger partial charge in [-0.1, -0.05) is 22.0 Å². The van der Waals surface area contributed by atoms with E-state index >= 15 is 0 Å². The molecule has 1 aromatic carbocycles. The number of Topliss-reactive ketones (excluding diaryl/α,β-unsaturated/α-hetero) is 1. The number of halogens is 2. The van der Waals surface area contributed by atoms with Crippen molar-refractivity contribution >= 4 is 27.4 Å². The molecule has 0 atom stereocenters. The molecule has 13 heavy (non-hydrogen) atoms. The number of rotatable bonds is 3. The molecule has 0 radical (unpaired) electrons. The zero-order chi connectivity index (χ0) is 9.84. The van der Waals surface area contributed by atoms with Crippen molar-refractivity contribution in [3.8, 4) is 0 Å². The van der Waals surface area contributed by atoms with Crippen molar-refractivity contribution in [1.82, 2.24) is 0 Å². The maximum Gasteiger partial charge on any atom is 0.147 e. The Bertz CT molecular complexity index is 327. The third kappa shape index (κ3) is 2.81. The zero-order valence-electron chi connectivity index (χ0n) is 6.89. The van der Waals surface area contributed by atoms with Crippen LogP contribution in [-0.4, -0.2) is 11.1 Å². The lowest BCUT2D eigenvalue weighted by atomic mass is 10.1.